The second-order valence-corrected chi connectivity index (χ2v) is 4.22. The van der Waals surface area contributed by atoms with E-state index < -0.39 is 0 Å². The highest BCUT2D eigenvalue weighted by Gasteiger charge is 2.16. The molecule has 0 bridgehead atoms. The van der Waals surface area contributed by atoms with Crippen LogP contribution in [0.15, 0.2) is 53.8 Å². The Morgan fingerprint density at radius 2 is 2.00 bits per heavy atom. The number of allylic oxidation sites excluding steroid dienone is 3. The molecule has 0 saturated carbocycles. The second kappa shape index (κ2) is 4.35. The van der Waals surface area contributed by atoms with Crippen LogP contribution in [0.1, 0.15) is 18.9 Å². The summed E-state index contributed by atoms with van der Waals surface area (Å²) in [5.41, 5.74) is 9.10. The molecule has 0 spiro atoms. The van der Waals surface area contributed by atoms with Crippen LogP contribution in [0.5, 0.6) is 0 Å². The number of rotatable bonds is 2. The fourth-order valence-electron chi connectivity index (χ4n) is 1.90. The summed E-state index contributed by atoms with van der Waals surface area (Å²) >= 11 is 0. The number of hydrogen-bond acceptors (Lipinski definition) is 2. The van der Waals surface area contributed by atoms with Crippen molar-refractivity contribution in [3.05, 3.63) is 59.3 Å². The summed E-state index contributed by atoms with van der Waals surface area (Å²) in [4.78, 5) is 0. The van der Waals surface area contributed by atoms with Crippen LogP contribution in [0.3, 0.4) is 0 Å². The first-order valence-corrected chi connectivity index (χ1v) is 5.49. The SMILES string of the molecule is CC1C=CC(N)=C(C(=N)c2ccccc2)C1. The van der Waals surface area contributed by atoms with E-state index >= 15 is 0 Å². The Labute approximate surface area is 96.0 Å². The van der Waals surface area contributed by atoms with E-state index in [9.17, 15) is 0 Å². The maximum absolute atomic E-state index is 8.17. The van der Waals surface area contributed by atoms with Gasteiger partial charge < -0.3 is 5.73 Å². The Hall–Kier alpha value is -1.83. The highest BCUT2D eigenvalue weighted by molar-refractivity contribution is 6.11. The number of nitrogens with one attached hydrogen (secondary N) is 1. The molecule has 1 atom stereocenters. The van der Waals surface area contributed by atoms with Crippen LogP contribution in [0, 0.1) is 11.3 Å². The third-order valence-corrected chi connectivity index (χ3v) is 2.84. The maximum Gasteiger partial charge on any atom is 0.0664 e. The van der Waals surface area contributed by atoms with Crippen molar-refractivity contribution < 1.29 is 0 Å². The fraction of sp³-hybridized carbons (Fsp3) is 0.214. The van der Waals surface area contributed by atoms with E-state index in [0.29, 0.717) is 11.6 Å². The molecule has 0 aromatic heterocycles. The van der Waals surface area contributed by atoms with Crippen molar-refractivity contribution in [2.24, 2.45) is 11.7 Å². The molecule has 2 nitrogen and oxygen atoms in total. The van der Waals surface area contributed by atoms with Gasteiger partial charge in [0, 0.05) is 11.3 Å². The van der Waals surface area contributed by atoms with Gasteiger partial charge in [-0.25, -0.2) is 0 Å². The lowest BCUT2D eigenvalue weighted by Gasteiger charge is -2.18. The van der Waals surface area contributed by atoms with Crippen molar-refractivity contribution in [1.29, 1.82) is 5.41 Å². The van der Waals surface area contributed by atoms with Gasteiger partial charge in [0.25, 0.3) is 0 Å². The van der Waals surface area contributed by atoms with Gasteiger partial charge in [-0.3, -0.25) is 5.41 Å². The van der Waals surface area contributed by atoms with Gasteiger partial charge in [0.05, 0.1) is 5.71 Å². The first-order chi connectivity index (χ1) is 7.68. The van der Waals surface area contributed by atoms with Crippen LogP contribution in [0.4, 0.5) is 0 Å². The molecule has 2 rings (SSSR count). The Kier molecular flexibility index (Phi) is 2.91. The molecule has 0 fully saturated rings. The van der Waals surface area contributed by atoms with E-state index in [1.807, 2.05) is 36.4 Å². The van der Waals surface area contributed by atoms with Gasteiger partial charge >= 0.3 is 0 Å². The fourth-order valence-corrected chi connectivity index (χ4v) is 1.90. The van der Waals surface area contributed by atoms with Crippen molar-refractivity contribution in [2.45, 2.75) is 13.3 Å². The zero-order chi connectivity index (χ0) is 11.5. The standard InChI is InChI=1S/C14H16N2/c1-10-7-8-13(15)12(9-10)14(16)11-5-3-2-4-6-11/h2-8,10,16H,9,15H2,1H3. The average molecular weight is 212 g/mol. The molecule has 1 aromatic rings. The van der Waals surface area contributed by atoms with Crippen LogP contribution in [-0.2, 0) is 0 Å². The average Bonchev–Trinajstić information content (AvgIpc) is 2.32. The van der Waals surface area contributed by atoms with Gasteiger partial charge in [-0.2, -0.15) is 0 Å². The van der Waals surface area contributed by atoms with Crippen LogP contribution in [0.2, 0.25) is 0 Å². The van der Waals surface area contributed by atoms with E-state index in [4.69, 9.17) is 11.1 Å². The quantitative estimate of drug-likeness (QED) is 0.728. The minimum absolute atomic E-state index is 0.464. The molecular weight excluding hydrogens is 196 g/mol. The van der Waals surface area contributed by atoms with E-state index in [-0.39, 0.29) is 0 Å². The van der Waals surface area contributed by atoms with Gasteiger partial charge in [0.15, 0.2) is 0 Å². The largest absolute Gasteiger partial charge is 0.398 e. The van der Waals surface area contributed by atoms with Gasteiger partial charge in [-0.05, 0) is 24.0 Å². The van der Waals surface area contributed by atoms with Crippen molar-refractivity contribution in [3.8, 4) is 0 Å². The summed E-state index contributed by atoms with van der Waals surface area (Å²) in [6.07, 6.45) is 4.87. The highest BCUT2D eigenvalue weighted by Crippen LogP contribution is 2.23. The minimum Gasteiger partial charge on any atom is -0.398 e. The first-order valence-electron chi connectivity index (χ1n) is 5.49. The summed E-state index contributed by atoms with van der Waals surface area (Å²) in [6, 6.07) is 9.75. The topological polar surface area (TPSA) is 49.9 Å². The Bertz CT molecular complexity index is 455. The Morgan fingerprint density at radius 3 is 2.69 bits per heavy atom. The molecule has 1 aliphatic rings. The van der Waals surface area contributed by atoms with E-state index in [2.05, 4.69) is 13.0 Å². The van der Waals surface area contributed by atoms with Crippen LogP contribution in [-0.4, -0.2) is 5.71 Å². The Balaban J connectivity index is 2.32. The normalized spacial score (nSPS) is 19.9. The Morgan fingerprint density at radius 1 is 1.31 bits per heavy atom. The smallest absolute Gasteiger partial charge is 0.0664 e. The summed E-state index contributed by atoms with van der Waals surface area (Å²) < 4.78 is 0. The second-order valence-electron chi connectivity index (χ2n) is 4.22. The molecule has 16 heavy (non-hydrogen) atoms. The van der Waals surface area contributed by atoms with E-state index in [0.717, 1.165) is 23.3 Å². The van der Waals surface area contributed by atoms with Crippen LogP contribution in [0.25, 0.3) is 0 Å². The monoisotopic (exact) mass is 212 g/mol. The summed E-state index contributed by atoms with van der Waals surface area (Å²) in [6.45, 7) is 2.14. The third kappa shape index (κ3) is 2.06. The van der Waals surface area contributed by atoms with Crippen molar-refractivity contribution in [3.63, 3.8) is 0 Å². The summed E-state index contributed by atoms with van der Waals surface area (Å²) in [5.74, 6) is 0.464. The van der Waals surface area contributed by atoms with Gasteiger partial charge in [0.1, 0.15) is 0 Å². The molecule has 0 saturated heterocycles. The maximum atomic E-state index is 8.17. The van der Waals surface area contributed by atoms with Gasteiger partial charge in [0.2, 0.25) is 0 Å². The van der Waals surface area contributed by atoms with Gasteiger partial charge in [-0.15, -0.1) is 0 Å². The molecule has 0 heterocycles. The number of hydrogen-bond donors (Lipinski definition) is 2. The number of benzene rings is 1. The summed E-state index contributed by atoms with van der Waals surface area (Å²) in [5, 5.41) is 8.17. The predicted octanol–water partition coefficient (Wildman–Crippen LogP) is 2.86. The van der Waals surface area contributed by atoms with E-state index in [1.54, 1.807) is 0 Å². The lowest BCUT2D eigenvalue weighted by Crippen LogP contribution is -2.15. The molecule has 0 aliphatic heterocycles. The van der Waals surface area contributed by atoms with Gasteiger partial charge in [-0.1, -0.05) is 43.3 Å². The van der Waals surface area contributed by atoms with Crippen molar-refractivity contribution in [2.75, 3.05) is 0 Å². The zero-order valence-electron chi connectivity index (χ0n) is 9.40. The molecule has 1 unspecified atom stereocenters. The molecule has 82 valence electrons. The predicted molar refractivity (Wildman–Crippen MR) is 67.4 cm³/mol. The summed E-state index contributed by atoms with van der Waals surface area (Å²) in [7, 11) is 0. The highest BCUT2D eigenvalue weighted by atomic mass is 14.6. The zero-order valence-corrected chi connectivity index (χ0v) is 9.40. The number of nitrogens with two attached hydrogens (primary N) is 1. The van der Waals surface area contributed by atoms with Crippen LogP contribution < -0.4 is 5.73 Å². The van der Waals surface area contributed by atoms with Crippen LogP contribution >= 0.6 is 0 Å². The molecular formula is C14H16N2. The first kappa shape index (κ1) is 10.7. The molecule has 2 heteroatoms. The third-order valence-electron chi connectivity index (χ3n) is 2.84. The molecule has 1 aliphatic carbocycles. The van der Waals surface area contributed by atoms with Crippen molar-refractivity contribution in [1.82, 2.24) is 0 Å². The minimum atomic E-state index is 0.464. The molecule has 0 amide bonds. The molecule has 3 N–H and O–H groups in total. The molecule has 0 radical (unpaired) electrons. The van der Waals surface area contributed by atoms with Crippen molar-refractivity contribution >= 4 is 5.71 Å². The molecule has 1 aromatic carbocycles. The van der Waals surface area contributed by atoms with E-state index in [1.165, 1.54) is 0 Å². The lowest BCUT2D eigenvalue weighted by atomic mass is 9.88. The lowest BCUT2D eigenvalue weighted by molar-refractivity contribution is 0.715.